The Morgan fingerprint density at radius 1 is 1.00 bits per heavy atom. The number of hydrogen-bond acceptors (Lipinski definition) is 8. The van der Waals surface area contributed by atoms with E-state index < -0.39 is 6.10 Å². The van der Waals surface area contributed by atoms with E-state index in [4.69, 9.17) is 18.9 Å². The molecule has 4 atom stereocenters. The molecule has 6 rings (SSSR count). The maximum absolute atomic E-state index is 12.9. The summed E-state index contributed by atoms with van der Waals surface area (Å²) >= 11 is 0. The molecule has 0 unspecified atom stereocenters. The first-order valence-electron chi connectivity index (χ1n) is 13.8. The Labute approximate surface area is 227 Å². The lowest BCUT2D eigenvalue weighted by atomic mass is 9.84. The van der Waals surface area contributed by atoms with Crippen LogP contribution in [-0.4, -0.2) is 79.7 Å². The van der Waals surface area contributed by atoms with Crippen LogP contribution in [0.25, 0.3) is 0 Å². The lowest BCUT2D eigenvalue weighted by molar-refractivity contribution is -0.142. The van der Waals surface area contributed by atoms with Crippen LogP contribution >= 0.6 is 0 Å². The summed E-state index contributed by atoms with van der Waals surface area (Å²) in [6.45, 7) is 3.63. The zero-order valence-electron chi connectivity index (χ0n) is 21.9. The molecule has 39 heavy (non-hydrogen) atoms. The predicted molar refractivity (Wildman–Crippen MR) is 142 cm³/mol. The maximum atomic E-state index is 12.9. The number of aliphatic hydroxyl groups is 1. The summed E-state index contributed by atoms with van der Waals surface area (Å²) in [6.07, 6.45) is 3.35. The quantitative estimate of drug-likeness (QED) is 0.471. The molecule has 2 fully saturated rings. The normalized spacial score (nSPS) is 25.4. The molecule has 0 aliphatic carbocycles. The van der Waals surface area contributed by atoms with E-state index in [0.717, 1.165) is 25.2 Å². The average Bonchev–Trinajstić information content (AvgIpc) is 3.57. The first kappa shape index (κ1) is 25.9. The number of benzene rings is 2. The van der Waals surface area contributed by atoms with Crippen molar-refractivity contribution < 1.29 is 33.6 Å². The van der Waals surface area contributed by atoms with Gasteiger partial charge in [-0.25, -0.2) is 0 Å². The number of amides is 2. The molecule has 2 aromatic rings. The van der Waals surface area contributed by atoms with Crippen LogP contribution in [0.3, 0.4) is 0 Å². The van der Waals surface area contributed by atoms with E-state index in [2.05, 4.69) is 15.5 Å². The van der Waals surface area contributed by atoms with Gasteiger partial charge in [0.05, 0.1) is 19.1 Å². The molecule has 4 aliphatic heterocycles. The molecule has 10 heteroatoms. The standard InChI is InChI=1S/C29H35N3O7/c33-16-26-28-22(14-20(38-26)15-27(34)30-8-11-32-9-2-1-3-10-32)21-13-19(5-7-23(21)39-28)31-29(35)18-4-6-24-25(12-18)37-17-36-24/h4-7,12-13,20,22,26,28,33H,1-3,8-11,14-17H2,(H,30,34)(H,31,35)/t20-,22-,26+,28+/m1/s1. The second-order valence-corrected chi connectivity index (χ2v) is 10.6. The summed E-state index contributed by atoms with van der Waals surface area (Å²) in [6, 6.07) is 10.6. The highest BCUT2D eigenvalue weighted by molar-refractivity contribution is 6.04. The molecule has 0 saturated carbocycles. The van der Waals surface area contributed by atoms with E-state index in [1.54, 1.807) is 24.3 Å². The van der Waals surface area contributed by atoms with Gasteiger partial charge in [-0.05, 0) is 68.8 Å². The minimum absolute atomic E-state index is 0.0453. The van der Waals surface area contributed by atoms with Gasteiger partial charge in [-0.1, -0.05) is 6.42 Å². The average molecular weight is 538 g/mol. The van der Waals surface area contributed by atoms with Crippen LogP contribution in [0.1, 0.15) is 53.9 Å². The molecule has 10 nitrogen and oxygen atoms in total. The highest BCUT2D eigenvalue weighted by atomic mass is 16.7. The lowest BCUT2D eigenvalue weighted by Gasteiger charge is -2.37. The molecule has 208 valence electrons. The van der Waals surface area contributed by atoms with E-state index in [1.807, 2.05) is 12.1 Å². The van der Waals surface area contributed by atoms with Crippen LogP contribution in [0.15, 0.2) is 36.4 Å². The minimum atomic E-state index is -0.533. The van der Waals surface area contributed by atoms with Crippen molar-refractivity contribution in [3.63, 3.8) is 0 Å². The van der Waals surface area contributed by atoms with E-state index in [0.29, 0.717) is 41.5 Å². The van der Waals surface area contributed by atoms with Crippen LogP contribution < -0.4 is 24.8 Å². The number of anilines is 1. The highest BCUT2D eigenvalue weighted by Crippen LogP contribution is 2.47. The van der Waals surface area contributed by atoms with Crippen LogP contribution in [0, 0.1) is 0 Å². The molecule has 2 aromatic carbocycles. The van der Waals surface area contributed by atoms with Gasteiger partial charge in [0.15, 0.2) is 11.5 Å². The third kappa shape index (κ3) is 5.68. The number of rotatable bonds is 8. The number of fused-ring (bicyclic) bond motifs is 4. The number of piperidine rings is 1. The third-order valence-electron chi connectivity index (χ3n) is 8.00. The Balaban J connectivity index is 1.09. The van der Waals surface area contributed by atoms with Crippen LogP contribution in [-0.2, 0) is 9.53 Å². The van der Waals surface area contributed by atoms with Crippen molar-refractivity contribution in [1.82, 2.24) is 10.2 Å². The monoisotopic (exact) mass is 537 g/mol. The van der Waals surface area contributed by atoms with Gasteiger partial charge >= 0.3 is 0 Å². The number of ether oxygens (including phenoxy) is 4. The molecule has 0 radical (unpaired) electrons. The molecule has 4 heterocycles. The largest absolute Gasteiger partial charge is 0.487 e. The van der Waals surface area contributed by atoms with Crippen molar-refractivity contribution in [3.05, 3.63) is 47.5 Å². The molecule has 0 spiro atoms. The van der Waals surface area contributed by atoms with Crippen molar-refractivity contribution in [1.29, 1.82) is 0 Å². The van der Waals surface area contributed by atoms with Crippen LogP contribution in [0.4, 0.5) is 5.69 Å². The van der Waals surface area contributed by atoms with Crippen molar-refractivity contribution >= 4 is 17.5 Å². The third-order valence-corrected chi connectivity index (χ3v) is 8.00. The number of nitrogens with zero attached hydrogens (tertiary/aromatic N) is 1. The number of hydrogen-bond donors (Lipinski definition) is 3. The molecule has 2 saturated heterocycles. The van der Waals surface area contributed by atoms with E-state index >= 15 is 0 Å². The van der Waals surface area contributed by atoms with Crippen LogP contribution in [0.2, 0.25) is 0 Å². The summed E-state index contributed by atoms with van der Waals surface area (Å²) < 4.78 is 23.0. The second kappa shape index (κ2) is 11.4. The topological polar surface area (TPSA) is 119 Å². The van der Waals surface area contributed by atoms with E-state index in [-0.39, 0.29) is 49.8 Å². The molecule has 2 amide bonds. The molecule has 0 bridgehead atoms. The van der Waals surface area contributed by atoms with Crippen molar-refractivity contribution in [2.75, 3.05) is 44.9 Å². The number of nitrogens with one attached hydrogen (secondary N) is 2. The Morgan fingerprint density at radius 3 is 2.67 bits per heavy atom. The molecular weight excluding hydrogens is 502 g/mol. The van der Waals surface area contributed by atoms with Gasteiger partial charge in [-0.15, -0.1) is 0 Å². The number of carbonyl (C=O) groups excluding carboxylic acids is 2. The SMILES string of the molecule is O=C(C[C@H]1C[C@@H]2c3cc(NC(=O)c4ccc5c(c4)OCO5)ccc3O[C@@H]2[C@H](CO)O1)NCCN1CCCCC1. The summed E-state index contributed by atoms with van der Waals surface area (Å²) in [7, 11) is 0. The number of likely N-dealkylation sites (tertiary alicyclic amines) is 1. The molecule has 3 N–H and O–H groups in total. The van der Waals surface area contributed by atoms with Gasteiger partial charge in [0.2, 0.25) is 12.7 Å². The number of aliphatic hydroxyl groups excluding tert-OH is 1. The van der Waals surface area contributed by atoms with Gasteiger partial charge in [0, 0.05) is 35.8 Å². The van der Waals surface area contributed by atoms with E-state index in [1.165, 1.54) is 19.3 Å². The maximum Gasteiger partial charge on any atom is 0.255 e. The highest BCUT2D eigenvalue weighted by Gasteiger charge is 2.46. The Bertz CT molecular complexity index is 1220. The van der Waals surface area contributed by atoms with Gasteiger partial charge in [-0.2, -0.15) is 0 Å². The van der Waals surface area contributed by atoms with E-state index in [9.17, 15) is 14.7 Å². The minimum Gasteiger partial charge on any atom is -0.487 e. The van der Waals surface area contributed by atoms with Gasteiger partial charge in [0.1, 0.15) is 18.0 Å². The van der Waals surface area contributed by atoms with Crippen LogP contribution in [0.5, 0.6) is 17.2 Å². The fourth-order valence-electron chi connectivity index (χ4n) is 6.02. The summed E-state index contributed by atoms with van der Waals surface area (Å²) in [5, 5.41) is 16.0. The first-order valence-corrected chi connectivity index (χ1v) is 13.8. The predicted octanol–water partition coefficient (Wildman–Crippen LogP) is 2.65. The second-order valence-electron chi connectivity index (χ2n) is 10.6. The first-order chi connectivity index (χ1) is 19.1. The molecule has 4 aliphatic rings. The Morgan fingerprint density at radius 2 is 1.82 bits per heavy atom. The van der Waals surface area contributed by atoms with Gasteiger partial charge in [-0.3, -0.25) is 9.59 Å². The van der Waals surface area contributed by atoms with Crippen molar-refractivity contribution in [2.45, 2.75) is 56.3 Å². The summed E-state index contributed by atoms with van der Waals surface area (Å²) in [4.78, 5) is 28.0. The zero-order valence-corrected chi connectivity index (χ0v) is 21.9. The fraction of sp³-hybridized carbons (Fsp3) is 0.517. The van der Waals surface area contributed by atoms with Crippen molar-refractivity contribution in [2.24, 2.45) is 0 Å². The molecule has 0 aromatic heterocycles. The summed E-state index contributed by atoms with van der Waals surface area (Å²) in [5.74, 6) is 1.51. The van der Waals surface area contributed by atoms with Gasteiger partial charge in [0.25, 0.3) is 5.91 Å². The van der Waals surface area contributed by atoms with Crippen molar-refractivity contribution in [3.8, 4) is 17.2 Å². The Kier molecular flexibility index (Phi) is 7.58. The fourth-order valence-corrected chi connectivity index (χ4v) is 6.02. The lowest BCUT2D eigenvalue weighted by Crippen LogP contribution is -2.47. The molecular formula is C29H35N3O7. The smallest absolute Gasteiger partial charge is 0.255 e. The number of carbonyl (C=O) groups is 2. The van der Waals surface area contributed by atoms with Gasteiger partial charge < -0.3 is 39.6 Å². The Hall–Kier alpha value is -3.34. The zero-order chi connectivity index (χ0) is 26.8. The summed E-state index contributed by atoms with van der Waals surface area (Å²) in [5.41, 5.74) is 2.05.